The lowest BCUT2D eigenvalue weighted by molar-refractivity contribution is -0.742. The molecule has 0 unspecified atom stereocenters. The van der Waals surface area contributed by atoms with Gasteiger partial charge in [0.25, 0.3) is 15.1 Å². The molecule has 1 aromatic rings. The Hall–Kier alpha value is -3.07. The van der Waals surface area contributed by atoms with E-state index in [1.807, 2.05) is 4.72 Å². The van der Waals surface area contributed by atoms with E-state index in [1.54, 1.807) is 13.8 Å². The Labute approximate surface area is 138 Å². The number of aromatic nitrogens is 1. The van der Waals surface area contributed by atoms with Crippen LogP contribution in [-0.2, 0) is 10.0 Å². The maximum absolute atomic E-state index is 12.1. The van der Waals surface area contributed by atoms with E-state index in [-0.39, 0.29) is 23.2 Å². The topological polar surface area (TPSA) is 164 Å². The third-order valence-corrected chi connectivity index (χ3v) is 3.46. The lowest BCUT2D eigenvalue weighted by Gasteiger charge is -2.13. The van der Waals surface area contributed by atoms with E-state index in [0.717, 1.165) is 6.20 Å². The number of nitrogens with one attached hydrogen (secondary N) is 3. The van der Waals surface area contributed by atoms with Gasteiger partial charge in [-0.3, -0.25) is 4.98 Å². The summed E-state index contributed by atoms with van der Waals surface area (Å²) in [4.78, 5) is 23.5. The first-order valence-corrected chi connectivity index (χ1v) is 7.86. The van der Waals surface area contributed by atoms with Crippen LogP contribution in [0.15, 0.2) is 23.4 Å². The summed E-state index contributed by atoms with van der Waals surface area (Å²) in [5.41, 5.74) is 0.280. The second-order valence-electron chi connectivity index (χ2n) is 4.40. The zero-order valence-electron chi connectivity index (χ0n) is 12.9. The number of nitrogens with zero attached hydrogens (tertiary/aromatic N) is 2. The lowest BCUT2D eigenvalue weighted by atomic mass is 10.4. The van der Waals surface area contributed by atoms with Crippen LogP contribution >= 0.6 is 0 Å². The van der Waals surface area contributed by atoms with Crippen LogP contribution in [0.25, 0.3) is 0 Å². The van der Waals surface area contributed by atoms with Gasteiger partial charge < -0.3 is 15.8 Å². The van der Waals surface area contributed by atoms with E-state index < -0.39 is 21.1 Å². The van der Waals surface area contributed by atoms with Crippen molar-refractivity contribution in [2.24, 2.45) is 0 Å². The van der Waals surface area contributed by atoms with Crippen molar-refractivity contribution in [3.8, 4) is 12.3 Å². The van der Waals surface area contributed by atoms with Gasteiger partial charge in [-0.25, -0.2) is 17.9 Å². The average Bonchev–Trinajstić information content (AvgIpc) is 2.43. The molecular weight excluding hydrogens is 342 g/mol. The van der Waals surface area contributed by atoms with Gasteiger partial charge >= 0.3 is 6.03 Å². The molecule has 1 rings (SSSR count). The number of pyridine rings is 1. The smallest absolute Gasteiger partial charge is 0.328 e. The maximum atomic E-state index is 12.1. The molecule has 2 amide bonds. The minimum Gasteiger partial charge on any atom is -0.373 e. The Morgan fingerprint density at radius 2 is 2.12 bits per heavy atom. The molecule has 0 bridgehead atoms. The molecule has 0 aromatic carbocycles. The van der Waals surface area contributed by atoms with Gasteiger partial charge in [0.1, 0.15) is 4.90 Å². The molecule has 4 N–H and O–H groups in total. The van der Waals surface area contributed by atoms with Crippen LogP contribution in [0.5, 0.6) is 0 Å². The molecule has 1 aromatic heterocycles. The van der Waals surface area contributed by atoms with Gasteiger partial charge in [-0.2, -0.15) is 0 Å². The molecule has 0 saturated carbocycles. The van der Waals surface area contributed by atoms with Crippen molar-refractivity contribution >= 4 is 21.7 Å². The highest BCUT2D eigenvalue weighted by atomic mass is 32.2. The Kier molecular flexibility index (Phi) is 8.59. The number of sulfonamides is 1. The van der Waals surface area contributed by atoms with E-state index in [2.05, 4.69) is 21.5 Å². The number of hydrogen-bond donors (Lipinski definition) is 4. The predicted molar refractivity (Wildman–Crippen MR) is 84.3 cm³/mol. The van der Waals surface area contributed by atoms with Crippen LogP contribution in [0.1, 0.15) is 13.8 Å². The standard InChI is InChI=1S/C12H16N4O3S.HNO3/c1-4-6-14-10-5-7-13-8-11(10)20(18,19)16-12(17)15-9(2)3;2-1(3)4/h1,5,7-9H,6H2,2-3H3,(H,13,14)(H2,15,16,17);(H,2,3,4). The minimum absolute atomic E-state index is 0.144. The summed E-state index contributed by atoms with van der Waals surface area (Å²) in [5, 5.41) is 18.8. The fourth-order valence-electron chi connectivity index (χ4n) is 1.36. The highest BCUT2D eigenvalue weighted by Crippen LogP contribution is 2.18. The highest BCUT2D eigenvalue weighted by Gasteiger charge is 2.21. The molecule has 0 fully saturated rings. The van der Waals surface area contributed by atoms with Crippen LogP contribution in [0.3, 0.4) is 0 Å². The Bertz CT molecular complexity index is 709. The van der Waals surface area contributed by atoms with Crippen LogP contribution < -0.4 is 15.4 Å². The van der Waals surface area contributed by atoms with Gasteiger partial charge in [0, 0.05) is 18.4 Å². The second-order valence-corrected chi connectivity index (χ2v) is 6.05. The summed E-state index contributed by atoms with van der Waals surface area (Å²) >= 11 is 0. The van der Waals surface area contributed by atoms with Crippen molar-refractivity contribution in [1.82, 2.24) is 15.0 Å². The fraction of sp³-hybridized carbons (Fsp3) is 0.333. The molecule has 12 heteroatoms. The van der Waals surface area contributed by atoms with Gasteiger partial charge in [0.05, 0.1) is 12.2 Å². The largest absolute Gasteiger partial charge is 0.373 e. The van der Waals surface area contributed by atoms with E-state index in [4.69, 9.17) is 21.7 Å². The Balaban J connectivity index is 0.00000118. The molecule has 0 aliphatic carbocycles. The molecule has 132 valence electrons. The van der Waals surface area contributed by atoms with Gasteiger partial charge in [-0.05, 0) is 19.9 Å². The first-order chi connectivity index (χ1) is 11.1. The number of anilines is 1. The number of hydrogen-bond acceptors (Lipinski definition) is 7. The van der Waals surface area contributed by atoms with Crippen LogP contribution in [0.4, 0.5) is 10.5 Å². The minimum atomic E-state index is -4.02. The van der Waals surface area contributed by atoms with Gasteiger partial charge in [-0.15, -0.1) is 16.5 Å². The lowest BCUT2D eigenvalue weighted by Crippen LogP contribution is -2.42. The molecule has 0 radical (unpaired) electrons. The molecule has 0 saturated heterocycles. The van der Waals surface area contributed by atoms with Gasteiger partial charge in [-0.1, -0.05) is 5.92 Å². The SMILES string of the molecule is C#CCNc1ccncc1S(=O)(=O)NC(=O)NC(C)C.O=[N+]([O-])O. The quantitative estimate of drug-likeness (QED) is 0.328. The third kappa shape index (κ3) is 8.39. The summed E-state index contributed by atoms with van der Waals surface area (Å²) < 4.78 is 26.1. The Morgan fingerprint density at radius 3 is 2.62 bits per heavy atom. The molecule has 0 atom stereocenters. The monoisotopic (exact) mass is 359 g/mol. The zero-order chi connectivity index (χ0) is 18.8. The molecule has 0 aliphatic heterocycles. The number of terminal acetylenes is 1. The maximum Gasteiger partial charge on any atom is 0.328 e. The van der Waals surface area contributed by atoms with Gasteiger partial charge in [0.2, 0.25) is 0 Å². The number of rotatable bonds is 5. The van der Waals surface area contributed by atoms with Crippen molar-refractivity contribution in [2.75, 3.05) is 11.9 Å². The fourth-order valence-corrected chi connectivity index (χ4v) is 2.40. The van der Waals surface area contributed by atoms with Crippen LogP contribution in [0.2, 0.25) is 0 Å². The van der Waals surface area contributed by atoms with Crippen molar-refractivity contribution in [2.45, 2.75) is 24.8 Å². The van der Waals surface area contributed by atoms with E-state index in [1.165, 1.54) is 12.3 Å². The summed E-state index contributed by atoms with van der Waals surface area (Å²) in [6, 6.07) is 0.483. The Morgan fingerprint density at radius 1 is 1.54 bits per heavy atom. The van der Waals surface area contributed by atoms with E-state index in [0.29, 0.717) is 0 Å². The summed E-state index contributed by atoms with van der Waals surface area (Å²) in [7, 11) is -4.02. The molecule has 0 spiro atoms. The normalized spacial score (nSPS) is 9.92. The molecule has 0 aliphatic rings. The average molecular weight is 359 g/mol. The van der Waals surface area contributed by atoms with Crippen molar-refractivity contribution in [3.63, 3.8) is 0 Å². The predicted octanol–water partition coefficient (Wildman–Crippen LogP) is 0.175. The van der Waals surface area contributed by atoms with Crippen LogP contribution in [0, 0.1) is 22.5 Å². The first-order valence-electron chi connectivity index (χ1n) is 6.38. The van der Waals surface area contributed by atoms with Crippen LogP contribution in [-0.4, -0.2) is 42.3 Å². The summed E-state index contributed by atoms with van der Waals surface area (Å²) in [6.07, 6.45) is 7.68. The third-order valence-electron chi connectivity index (χ3n) is 2.10. The zero-order valence-corrected chi connectivity index (χ0v) is 13.7. The summed E-state index contributed by atoms with van der Waals surface area (Å²) in [6.45, 7) is 3.59. The van der Waals surface area contributed by atoms with E-state index in [9.17, 15) is 13.2 Å². The van der Waals surface area contributed by atoms with Crippen molar-refractivity contribution in [1.29, 1.82) is 0 Å². The second kappa shape index (κ2) is 9.85. The molecule has 1 heterocycles. The number of carbonyl (C=O) groups excluding carboxylic acids is 1. The number of amides is 2. The highest BCUT2D eigenvalue weighted by molar-refractivity contribution is 7.90. The van der Waals surface area contributed by atoms with Gasteiger partial charge in [0.15, 0.2) is 0 Å². The molecular formula is C12H17N5O6S. The van der Waals surface area contributed by atoms with Crippen molar-refractivity contribution in [3.05, 3.63) is 28.6 Å². The number of urea groups is 1. The first kappa shape index (κ1) is 20.9. The molecule has 11 nitrogen and oxygen atoms in total. The van der Waals surface area contributed by atoms with Crippen molar-refractivity contribution < 1.29 is 23.5 Å². The summed E-state index contributed by atoms with van der Waals surface area (Å²) in [5.74, 6) is 2.34. The molecule has 24 heavy (non-hydrogen) atoms. The number of carbonyl (C=O) groups is 1. The van der Waals surface area contributed by atoms with E-state index >= 15 is 0 Å².